The average molecular weight is 352 g/mol. The molecule has 0 radical (unpaired) electrons. The Hall–Kier alpha value is -1.66. The standard InChI is InChI=1S/C15H18BrN3O2/c1-17-13(7-11-8-15(21-3)19-9-18-11)12-5-4-10(16)6-14(12)20-2/h4-6,8-9,13,17H,7H2,1-3H3. The predicted molar refractivity (Wildman–Crippen MR) is 84.8 cm³/mol. The van der Waals surface area contributed by atoms with Gasteiger partial charge in [0.25, 0.3) is 0 Å². The molecule has 1 aromatic heterocycles. The molecule has 1 N–H and O–H groups in total. The molecule has 1 heterocycles. The monoisotopic (exact) mass is 351 g/mol. The fraction of sp³-hybridized carbons (Fsp3) is 0.333. The lowest BCUT2D eigenvalue weighted by Crippen LogP contribution is -2.20. The molecule has 0 saturated heterocycles. The minimum atomic E-state index is 0.0904. The van der Waals surface area contributed by atoms with Gasteiger partial charge in [-0.2, -0.15) is 0 Å². The van der Waals surface area contributed by atoms with Gasteiger partial charge in [0.15, 0.2) is 0 Å². The van der Waals surface area contributed by atoms with E-state index in [4.69, 9.17) is 9.47 Å². The smallest absolute Gasteiger partial charge is 0.216 e. The van der Waals surface area contributed by atoms with E-state index in [0.717, 1.165) is 21.5 Å². The number of halogens is 1. The van der Waals surface area contributed by atoms with Gasteiger partial charge < -0.3 is 14.8 Å². The topological polar surface area (TPSA) is 56.3 Å². The molecule has 21 heavy (non-hydrogen) atoms. The van der Waals surface area contributed by atoms with Gasteiger partial charge in [-0.1, -0.05) is 22.0 Å². The van der Waals surface area contributed by atoms with Crippen molar-refractivity contribution < 1.29 is 9.47 Å². The van der Waals surface area contributed by atoms with Crippen LogP contribution in [0.5, 0.6) is 11.6 Å². The lowest BCUT2D eigenvalue weighted by molar-refractivity contribution is 0.393. The van der Waals surface area contributed by atoms with E-state index in [9.17, 15) is 0 Å². The lowest BCUT2D eigenvalue weighted by atomic mass is 10.0. The largest absolute Gasteiger partial charge is 0.496 e. The average Bonchev–Trinajstić information content (AvgIpc) is 2.53. The van der Waals surface area contributed by atoms with Gasteiger partial charge in [0.05, 0.1) is 14.2 Å². The maximum absolute atomic E-state index is 5.46. The zero-order valence-electron chi connectivity index (χ0n) is 12.3. The van der Waals surface area contributed by atoms with Crippen LogP contribution in [0.1, 0.15) is 17.3 Å². The van der Waals surface area contributed by atoms with E-state index < -0.39 is 0 Å². The molecule has 5 nitrogen and oxygen atoms in total. The molecule has 0 aliphatic carbocycles. The van der Waals surface area contributed by atoms with Crippen molar-refractivity contribution in [3.63, 3.8) is 0 Å². The highest BCUT2D eigenvalue weighted by Gasteiger charge is 2.16. The van der Waals surface area contributed by atoms with Crippen LogP contribution in [0.4, 0.5) is 0 Å². The number of methoxy groups -OCH3 is 2. The fourth-order valence-corrected chi connectivity index (χ4v) is 2.49. The molecule has 1 aromatic carbocycles. The molecular formula is C15H18BrN3O2. The van der Waals surface area contributed by atoms with Crippen LogP contribution in [0, 0.1) is 0 Å². The summed E-state index contributed by atoms with van der Waals surface area (Å²) in [7, 11) is 5.19. The van der Waals surface area contributed by atoms with Crippen LogP contribution in [0.2, 0.25) is 0 Å². The molecule has 112 valence electrons. The third-order valence-electron chi connectivity index (χ3n) is 3.24. The Morgan fingerprint density at radius 3 is 2.67 bits per heavy atom. The molecule has 1 unspecified atom stereocenters. The predicted octanol–water partition coefficient (Wildman–Crippen LogP) is 2.76. The molecule has 0 bridgehead atoms. The fourth-order valence-electron chi connectivity index (χ4n) is 2.15. The number of hydrogen-bond acceptors (Lipinski definition) is 5. The van der Waals surface area contributed by atoms with E-state index >= 15 is 0 Å². The van der Waals surface area contributed by atoms with Crippen LogP contribution >= 0.6 is 15.9 Å². The van der Waals surface area contributed by atoms with Gasteiger partial charge in [0, 0.05) is 34.3 Å². The van der Waals surface area contributed by atoms with Gasteiger partial charge in [0.2, 0.25) is 5.88 Å². The van der Waals surface area contributed by atoms with E-state index in [1.165, 1.54) is 6.33 Å². The Kier molecular flexibility index (Phi) is 5.52. The van der Waals surface area contributed by atoms with E-state index in [2.05, 4.69) is 31.2 Å². The highest BCUT2D eigenvalue weighted by molar-refractivity contribution is 9.10. The first kappa shape index (κ1) is 15.7. The van der Waals surface area contributed by atoms with Gasteiger partial charge in [-0.15, -0.1) is 0 Å². The first-order valence-electron chi connectivity index (χ1n) is 6.53. The number of likely N-dealkylation sites (N-methyl/N-ethyl adjacent to an activating group) is 1. The lowest BCUT2D eigenvalue weighted by Gasteiger charge is -2.19. The number of rotatable bonds is 6. The number of hydrogen-bond donors (Lipinski definition) is 1. The Morgan fingerprint density at radius 1 is 1.19 bits per heavy atom. The second-order valence-electron chi connectivity index (χ2n) is 4.48. The highest BCUT2D eigenvalue weighted by atomic mass is 79.9. The number of ether oxygens (including phenoxy) is 2. The summed E-state index contributed by atoms with van der Waals surface area (Å²) in [5.41, 5.74) is 1.99. The van der Waals surface area contributed by atoms with Crippen molar-refractivity contribution >= 4 is 15.9 Å². The minimum absolute atomic E-state index is 0.0904. The molecule has 0 spiro atoms. The Balaban J connectivity index is 2.27. The van der Waals surface area contributed by atoms with Crippen LogP contribution in [0.3, 0.4) is 0 Å². The third-order valence-corrected chi connectivity index (χ3v) is 3.73. The number of benzene rings is 1. The first-order valence-corrected chi connectivity index (χ1v) is 7.32. The number of nitrogens with one attached hydrogen (secondary N) is 1. The van der Waals surface area contributed by atoms with Crippen molar-refractivity contribution in [2.45, 2.75) is 12.5 Å². The SMILES string of the molecule is CNC(Cc1cc(OC)ncn1)c1ccc(Br)cc1OC. The van der Waals surface area contributed by atoms with Crippen molar-refractivity contribution in [2.75, 3.05) is 21.3 Å². The summed E-state index contributed by atoms with van der Waals surface area (Å²) < 4.78 is 11.6. The third kappa shape index (κ3) is 3.92. The summed E-state index contributed by atoms with van der Waals surface area (Å²) in [6.07, 6.45) is 2.23. The van der Waals surface area contributed by atoms with Gasteiger partial charge >= 0.3 is 0 Å². The quantitative estimate of drug-likeness (QED) is 0.867. The Morgan fingerprint density at radius 2 is 2.00 bits per heavy atom. The van der Waals surface area contributed by atoms with Crippen LogP contribution in [-0.2, 0) is 6.42 Å². The van der Waals surface area contributed by atoms with Crippen molar-refractivity contribution in [1.29, 1.82) is 0 Å². The van der Waals surface area contributed by atoms with Gasteiger partial charge in [-0.3, -0.25) is 0 Å². The highest BCUT2D eigenvalue weighted by Crippen LogP contribution is 2.30. The second-order valence-corrected chi connectivity index (χ2v) is 5.40. The molecule has 0 fully saturated rings. The second kappa shape index (κ2) is 7.38. The molecular weight excluding hydrogens is 334 g/mol. The molecule has 0 saturated carbocycles. The van der Waals surface area contributed by atoms with E-state index in [1.807, 2.05) is 31.3 Å². The van der Waals surface area contributed by atoms with Crippen molar-refractivity contribution in [3.05, 3.63) is 46.3 Å². The first-order chi connectivity index (χ1) is 10.2. The molecule has 2 aromatic rings. The molecule has 0 amide bonds. The summed E-state index contributed by atoms with van der Waals surface area (Å²) in [5.74, 6) is 1.40. The molecule has 1 atom stereocenters. The van der Waals surface area contributed by atoms with Crippen molar-refractivity contribution in [3.8, 4) is 11.6 Å². The van der Waals surface area contributed by atoms with Gasteiger partial charge in [-0.25, -0.2) is 9.97 Å². The van der Waals surface area contributed by atoms with E-state index in [-0.39, 0.29) is 6.04 Å². The van der Waals surface area contributed by atoms with Gasteiger partial charge in [-0.05, 0) is 19.2 Å². The van der Waals surface area contributed by atoms with Gasteiger partial charge in [0.1, 0.15) is 12.1 Å². The van der Waals surface area contributed by atoms with Crippen LogP contribution in [-0.4, -0.2) is 31.2 Å². The summed E-state index contributed by atoms with van der Waals surface area (Å²) >= 11 is 3.46. The van der Waals surface area contributed by atoms with E-state index in [1.54, 1.807) is 14.2 Å². The van der Waals surface area contributed by atoms with Crippen molar-refractivity contribution in [1.82, 2.24) is 15.3 Å². The van der Waals surface area contributed by atoms with Crippen molar-refractivity contribution in [2.24, 2.45) is 0 Å². The maximum Gasteiger partial charge on any atom is 0.216 e. The maximum atomic E-state index is 5.46. The molecule has 0 aliphatic rings. The summed E-state index contributed by atoms with van der Waals surface area (Å²) in [5, 5.41) is 3.30. The Labute approximate surface area is 132 Å². The number of aromatic nitrogens is 2. The Bertz CT molecular complexity index is 607. The van der Waals surface area contributed by atoms with Crippen LogP contribution in [0.15, 0.2) is 35.1 Å². The number of nitrogens with zero attached hydrogens (tertiary/aromatic N) is 2. The summed E-state index contributed by atoms with van der Waals surface area (Å²) in [6, 6.07) is 7.94. The van der Waals surface area contributed by atoms with Crippen LogP contribution in [0.25, 0.3) is 0 Å². The molecule has 6 heteroatoms. The van der Waals surface area contributed by atoms with Crippen LogP contribution < -0.4 is 14.8 Å². The zero-order valence-corrected chi connectivity index (χ0v) is 13.8. The molecule has 2 rings (SSSR count). The zero-order chi connectivity index (χ0) is 15.2. The molecule has 0 aliphatic heterocycles. The summed E-state index contributed by atoms with van der Waals surface area (Å²) in [6.45, 7) is 0. The normalized spacial score (nSPS) is 12.0. The summed E-state index contributed by atoms with van der Waals surface area (Å²) in [4.78, 5) is 8.32. The minimum Gasteiger partial charge on any atom is -0.496 e. The van der Waals surface area contributed by atoms with E-state index in [0.29, 0.717) is 12.3 Å².